The maximum atomic E-state index is 12.6. The largest absolute Gasteiger partial charge is 0.471 e. The van der Waals surface area contributed by atoms with E-state index in [2.05, 4.69) is 26.6 Å². The molecule has 10 heteroatoms. The van der Waals surface area contributed by atoms with Gasteiger partial charge in [0.15, 0.2) is 5.65 Å². The molecule has 1 amide bonds. The van der Waals surface area contributed by atoms with Crippen LogP contribution in [0.4, 0.5) is 18.9 Å². The van der Waals surface area contributed by atoms with Crippen LogP contribution in [0.5, 0.6) is 0 Å². The topological polar surface area (TPSA) is 65.1 Å². The molecule has 5 rings (SSSR count). The number of anilines is 1. The van der Waals surface area contributed by atoms with Gasteiger partial charge in [0, 0.05) is 43.6 Å². The fourth-order valence-corrected chi connectivity index (χ4v) is 4.65. The third-order valence-electron chi connectivity index (χ3n) is 5.61. The number of fused-ring (bicyclic) bond motifs is 1. The minimum Gasteiger partial charge on any atom is -0.368 e. The molecule has 1 aromatic carbocycles. The van der Waals surface area contributed by atoms with Crippen LogP contribution in [0.3, 0.4) is 0 Å². The average molecular weight is 457 g/mol. The summed E-state index contributed by atoms with van der Waals surface area (Å²) in [4.78, 5) is 18.7. The predicted octanol–water partition coefficient (Wildman–Crippen LogP) is 4.56. The molecule has 1 N–H and O–H groups in total. The summed E-state index contributed by atoms with van der Waals surface area (Å²) in [5.41, 5.74) is 5.46. The van der Waals surface area contributed by atoms with Gasteiger partial charge in [-0.1, -0.05) is 12.1 Å². The first-order valence-electron chi connectivity index (χ1n) is 9.99. The molecule has 4 heterocycles. The highest BCUT2D eigenvalue weighted by Crippen LogP contribution is 2.35. The smallest absolute Gasteiger partial charge is 0.368 e. The summed E-state index contributed by atoms with van der Waals surface area (Å²) in [6, 6.07) is 11.8. The Balaban J connectivity index is 1.38. The molecule has 0 aliphatic carbocycles. The number of alkyl halides is 3. The van der Waals surface area contributed by atoms with Crippen LogP contribution >= 0.6 is 11.3 Å². The molecule has 1 saturated heterocycles. The van der Waals surface area contributed by atoms with Crippen molar-refractivity contribution in [3.8, 4) is 22.4 Å². The van der Waals surface area contributed by atoms with Crippen molar-refractivity contribution in [2.75, 3.05) is 31.1 Å². The molecule has 0 unspecified atom stereocenters. The molecule has 6 nitrogen and oxygen atoms in total. The van der Waals surface area contributed by atoms with Gasteiger partial charge in [-0.25, -0.2) is 4.98 Å². The van der Waals surface area contributed by atoms with E-state index in [0.717, 1.165) is 38.4 Å². The number of carbonyl (C=O) groups is 1. The van der Waals surface area contributed by atoms with E-state index in [1.807, 2.05) is 40.6 Å². The van der Waals surface area contributed by atoms with Crippen LogP contribution in [0.1, 0.15) is 0 Å². The summed E-state index contributed by atoms with van der Waals surface area (Å²) in [5, 5.41) is 12.5. The number of aromatic nitrogens is 3. The number of piperazine rings is 1. The fourth-order valence-electron chi connectivity index (χ4n) is 4.00. The van der Waals surface area contributed by atoms with Gasteiger partial charge in [0.2, 0.25) is 0 Å². The van der Waals surface area contributed by atoms with Crippen molar-refractivity contribution >= 4 is 34.0 Å². The lowest BCUT2D eigenvalue weighted by Gasteiger charge is -2.36. The summed E-state index contributed by atoms with van der Waals surface area (Å²) in [7, 11) is 0. The maximum absolute atomic E-state index is 12.6. The second-order valence-electron chi connectivity index (χ2n) is 7.49. The lowest BCUT2D eigenvalue weighted by atomic mass is 10.0. The van der Waals surface area contributed by atoms with Crippen molar-refractivity contribution in [2.45, 2.75) is 6.18 Å². The van der Waals surface area contributed by atoms with Gasteiger partial charge in [-0.05, 0) is 46.2 Å². The van der Waals surface area contributed by atoms with E-state index in [1.54, 1.807) is 17.5 Å². The lowest BCUT2D eigenvalue weighted by molar-refractivity contribution is -0.185. The molecule has 1 fully saturated rings. The van der Waals surface area contributed by atoms with E-state index in [1.165, 1.54) is 0 Å². The van der Waals surface area contributed by atoms with Crippen molar-refractivity contribution in [1.29, 1.82) is 0 Å². The maximum Gasteiger partial charge on any atom is 0.471 e. The number of amides is 1. The number of H-pyrrole nitrogens is 1. The highest BCUT2D eigenvalue weighted by molar-refractivity contribution is 7.08. The zero-order valence-electron chi connectivity index (χ0n) is 16.8. The Morgan fingerprint density at radius 3 is 2.41 bits per heavy atom. The zero-order chi connectivity index (χ0) is 22.3. The van der Waals surface area contributed by atoms with Crippen LogP contribution in [0.2, 0.25) is 0 Å². The number of aromatic amines is 1. The summed E-state index contributed by atoms with van der Waals surface area (Å²) in [6.45, 7) is 0.775. The number of nitrogens with one attached hydrogen (secondary N) is 1. The molecule has 164 valence electrons. The number of pyridine rings is 1. The van der Waals surface area contributed by atoms with Crippen LogP contribution in [0, 0.1) is 0 Å². The molecule has 0 atom stereocenters. The molecule has 0 bridgehead atoms. The first kappa shape index (κ1) is 20.5. The van der Waals surface area contributed by atoms with E-state index >= 15 is 0 Å². The summed E-state index contributed by atoms with van der Waals surface area (Å²) >= 11 is 1.62. The summed E-state index contributed by atoms with van der Waals surface area (Å²) < 4.78 is 37.9. The van der Waals surface area contributed by atoms with Crippen LogP contribution in [0.15, 0.2) is 53.4 Å². The highest BCUT2D eigenvalue weighted by Gasteiger charge is 2.43. The third-order valence-corrected chi connectivity index (χ3v) is 6.29. The van der Waals surface area contributed by atoms with Crippen LogP contribution in [-0.2, 0) is 4.79 Å². The van der Waals surface area contributed by atoms with Gasteiger partial charge in [-0.15, -0.1) is 0 Å². The van der Waals surface area contributed by atoms with E-state index in [0.29, 0.717) is 18.7 Å². The standard InChI is InChI=1S/C22H18F3N5OS/c23-22(24,25)21(31)30-10-8-29(9-11-30)16-3-1-14(2-4-16)19-18-17(15-6-12-32-13-15)5-7-26-20(18)28-27-19/h1-7,12-13H,8-11H2,(H,26,27,28). The van der Waals surface area contributed by atoms with Gasteiger partial charge in [0.1, 0.15) is 5.69 Å². The number of hydrogen-bond donors (Lipinski definition) is 1. The van der Waals surface area contributed by atoms with Crippen LogP contribution in [0.25, 0.3) is 33.4 Å². The second kappa shape index (κ2) is 7.94. The monoisotopic (exact) mass is 457 g/mol. The first-order chi connectivity index (χ1) is 15.4. The number of halogens is 3. The SMILES string of the molecule is O=C(N1CCN(c2ccc(-c3n[nH]c4nccc(-c5ccsc5)c34)cc2)CC1)C(F)(F)F. The molecular weight excluding hydrogens is 439 g/mol. The van der Waals surface area contributed by atoms with Crippen molar-refractivity contribution in [1.82, 2.24) is 20.1 Å². The van der Waals surface area contributed by atoms with E-state index in [-0.39, 0.29) is 13.1 Å². The molecule has 0 saturated carbocycles. The minimum absolute atomic E-state index is 0.0414. The van der Waals surface area contributed by atoms with Gasteiger partial charge in [-0.3, -0.25) is 9.89 Å². The molecule has 32 heavy (non-hydrogen) atoms. The first-order valence-corrected chi connectivity index (χ1v) is 10.9. The Morgan fingerprint density at radius 1 is 1.00 bits per heavy atom. The number of benzene rings is 1. The molecule has 0 radical (unpaired) electrons. The number of rotatable bonds is 3. The third kappa shape index (κ3) is 3.70. The summed E-state index contributed by atoms with van der Waals surface area (Å²) in [5.74, 6) is -1.77. The number of nitrogens with zero attached hydrogens (tertiary/aromatic N) is 4. The Morgan fingerprint density at radius 2 is 1.75 bits per heavy atom. The normalized spacial score (nSPS) is 14.8. The van der Waals surface area contributed by atoms with Crippen molar-refractivity contribution in [3.05, 3.63) is 53.4 Å². The van der Waals surface area contributed by atoms with E-state index in [9.17, 15) is 18.0 Å². The van der Waals surface area contributed by atoms with Gasteiger partial charge in [0.25, 0.3) is 0 Å². The molecular formula is C22H18F3N5OS. The van der Waals surface area contributed by atoms with Gasteiger partial charge in [0.05, 0.1) is 5.39 Å². The lowest BCUT2D eigenvalue weighted by Crippen LogP contribution is -2.52. The second-order valence-corrected chi connectivity index (χ2v) is 8.27. The number of thiophene rings is 1. The van der Waals surface area contributed by atoms with E-state index in [4.69, 9.17) is 0 Å². The number of carbonyl (C=O) groups excluding carboxylic acids is 1. The van der Waals surface area contributed by atoms with E-state index < -0.39 is 12.1 Å². The Kier molecular flexibility index (Phi) is 5.09. The van der Waals surface area contributed by atoms with Gasteiger partial charge < -0.3 is 9.80 Å². The molecule has 1 aliphatic heterocycles. The van der Waals surface area contributed by atoms with Crippen LogP contribution < -0.4 is 4.90 Å². The fraction of sp³-hybridized carbons (Fsp3) is 0.227. The molecule has 1 aliphatic rings. The Labute approximate surface area is 185 Å². The van der Waals surface area contributed by atoms with Crippen molar-refractivity contribution in [2.24, 2.45) is 0 Å². The molecule has 0 spiro atoms. The molecule has 3 aromatic heterocycles. The number of hydrogen-bond acceptors (Lipinski definition) is 5. The average Bonchev–Trinajstić information content (AvgIpc) is 3.48. The minimum atomic E-state index is -4.83. The van der Waals surface area contributed by atoms with Crippen molar-refractivity contribution in [3.63, 3.8) is 0 Å². The predicted molar refractivity (Wildman–Crippen MR) is 117 cm³/mol. The Hall–Kier alpha value is -3.40. The van der Waals surface area contributed by atoms with Crippen LogP contribution in [-0.4, -0.2) is 58.3 Å². The summed E-state index contributed by atoms with van der Waals surface area (Å²) in [6.07, 6.45) is -3.07. The quantitative estimate of drug-likeness (QED) is 0.490. The highest BCUT2D eigenvalue weighted by atomic mass is 32.1. The Bertz CT molecular complexity index is 1240. The van der Waals surface area contributed by atoms with Gasteiger partial charge >= 0.3 is 12.1 Å². The zero-order valence-corrected chi connectivity index (χ0v) is 17.6. The van der Waals surface area contributed by atoms with Crippen molar-refractivity contribution < 1.29 is 18.0 Å². The molecule has 4 aromatic rings. The van der Waals surface area contributed by atoms with Gasteiger partial charge in [-0.2, -0.15) is 29.6 Å².